The summed E-state index contributed by atoms with van der Waals surface area (Å²) in [6, 6.07) is 12.5. The van der Waals surface area contributed by atoms with Crippen LogP contribution in [0.2, 0.25) is 0 Å². The van der Waals surface area contributed by atoms with Gasteiger partial charge in [0.2, 0.25) is 0 Å². The Balaban J connectivity index is 2.37. The van der Waals surface area contributed by atoms with E-state index in [1.807, 2.05) is 13.8 Å². The van der Waals surface area contributed by atoms with Crippen LogP contribution in [-0.2, 0) is 10.0 Å². The van der Waals surface area contributed by atoms with E-state index in [4.69, 9.17) is 0 Å². The second kappa shape index (κ2) is 7.35. The Morgan fingerprint density at radius 1 is 1.17 bits per heavy atom. The summed E-state index contributed by atoms with van der Waals surface area (Å²) in [7, 11) is -3.86. The molecule has 0 aliphatic heterocycles. The van der Waals surface area contributed by atoms with Crippen LogP contribution >= 0.6 is 0 Å². The van der Waals surface area contributed by atoms with Crippen LogP contribution in [0.25, 0.3) is 0 Å². The predicted octanol–water partition coefficient (Wildman–Crippen LogP) is 3.40. The van der Waals surface area contributed by atoms with Gasteiger partial charge in [-0.25, -0.2) is 13.2 Å². The molecule has 0 radical (unpaired) electrons. The number of para-hydroxylation sites is 1. The number of carbonyl (C=O) groups is 1. The van der Waals surface area contributed by atoms with Crippen molar-refractivity contribution in [1.29, 1.82) is 0 Å². The largest absolute Gasteiger partial charge is 0.478 e. The number of carboxylic acid groups (broad SMARTS) is 1. The highest BCUT2D eigenvalue weighted by Crippen LogP contribution is 2.23. The number of rotatable bonds is 7. The van der Waals surface area contributed by atoms with E-state index in [1.54, 1.807) is 30.3 Å². The normalized spacial score (nSPS) is 12.4. The molecule has 2 aromatic rings. The van der Waals surface area contributed by atoms with E-state index in [-0.39, 0.29) is 16.5 Å². The van der Waals surface area contributed by atoms with Gasteiger partial charge in [-0.1, -0.05) is 25.1 Å². The maximum Gasteiger partial charge on any atom is 0.337 e. The Morgan fingerprint density at radius 2 is 1.83 bits per heavy atom. The molecular formula is C17H20N2O4S. The monoisotopic (exact) mass is 348 g/mol. The Morgan fingerprint density at radius 3 is 2.42 bits per heavy atom. The highest BCUT2D eigenvalue weighted by atomic mass is 32.2. The first-order valence-electron chi connectivity index (χ1n) is 7.55. The molecule has 7 heteroatoms. The van der Waals surface area contributed by atoms with Crippen LogP contribution in [0.3, 0.4) is 0 Å². The molecule has 0 aliphatic rings. The van der Waals surface area contributed by atoms with Gasteiger partial charge in [-0.15, -0.1) is 0 Å². The number of hydrogen-bond acceptors (Lipinski definition) is 4. The maximum absolute atomic E-state index is 12.4. The Labute approximate surface area is 141 Å². The number of aromatic carboxylic acids is 1. The van der Waals surface area contributed by atoms with Crippen molar-refractivity contribution in [3.63, 3.8) is 0 Å². The van der Waals surface area contributed by atoms with Gasteiger partial charge in [0.1, 0.15) is 0 Å². The van der Waals surface area contributed by atoms with Gasteiger partial charge in [0.05, 0.1) is 10.5 Å². The first-order valence-corrected chi connectivity index (χ1v) is 9.03. The van der Waals surface area contributed by atoms with Gasteiger partial charge in [-0.05, 0) is 43.7 Å². The first kappa shape index (κ1) is 17.8. The van der Waals surface area contributed by atoms with Crippen molar-refractivity contribution in [2.75, 3.05) is 10.0 Å². The van der Waals surface area contributed by atoms with Gasteiger partial charge in [-0.2, -0.15) is 0 Å². The quantitative estimate of drug-likeness (QED) is 0.713. The third-order valence-corrected chi connectivity index (χ3v) is 4.95. The number of anilines is 2. The fourth-order valence-electron chi connectivity index (χ4n) is 2.08. The smallest absolute Gasteiger partial charge is 0.337 e. The molecule has 1 atom stereocenters. The zero-order valence-electron chi connectivity index (χ0n) is 13.5. The Bertz CT molecular complexity index is 820. The highest BCUT2D eigenvalue weighted by Gasteiger charge is 2.19. The van der Waals surface area contributed by atoms with Gasteiger partial charge in [-0.3, -0.25) is 4.72 Å². The number of sulfonamides is 1. The van der Waals surface area contributed by atoms with E-state index in [0.29, 0.717) is 11.4 Å². The average molecular weight is 348 g/mol. The van der Waals surface area contributed by atoms with Crippen molar-refractivity contribution >= 4 is 27.4 Å². The highest BCUT2D eigenvalue weighted by molar-refractivity contribution is 7.92. The van der Waals surface area contributed by atoms with E-state index in [9.17, 15) is 18.3 Å². The lowest BCUT2D eigenvalue weighted by Crippen LogP contribution is -2.18. The molecule has 0 saturated heterocycles. The fourth-order valence-corrected chi connectivity index (χ4v) is 3.17. The minimum absolute atomic E-state index is 0.0769. The van der Waals surface area contributed by atoms with Crippen molar-refractivity contribution in [3.05, 3.63) is 54.1 Å². The summed E-state index contributed by atoms with van der Waals surface area (Å²) in [5.74, 6) is -1.18. The van der Waals surface area contributed by atoms with Crippen LogP contribution in [0.5, 0.6) is 0 Å². The summed E-state index contributed by atoms with van der Waals surface area (Å²) < 4.78 is 27.3. The summed E-state index contributed by atoms with van der Waals surface area (Å²) in [5, 5.41) is 12.4. The molecule has 6 nitrogen and oxygen atoms in total. The van der Waals surface area contributed by atoms with Crippen molar-refractivity contribution in [3.8, 4) is 0 Å². The molecule has 128 valence electrons. The molecule has 0 bridgehead atoms. The molecule has 0 amide bonds. The molecule has 0 unspecified atom stereocenters. The zero-order chi connectivity index (χ0) is 17.7. The van der Waals surface area contributed by atoms with Crippen LogP contribution in [-0.4, -0.2) is 25.5 Å². The van der Waals surface area contributed by atoms with E-state index in [1.165, 1.54) is 18.2 Å². The van der Waals surface area contributed by atoms with Crippen LogP contribution in [0.1, 0.15) is 30.6 Å². The predicted molar refractivity (Wildman–Crippen MR) is 94.0 cm³/mol. The van der Waals surface area contributed by atoms with Crippen LogP contribution in [0.4, 0.5) is 11.4 Å². The summed E-state index contributed by atoms with van der Waals surface area (Å²) in [5.41, 5.74) is 0.734. The summed E-state index contributed by atoms with van der Waals surface area (Å²) >= 11 is 0. The second-order valence-electron chi connectivity index (χ2n) is 5.44. The van der Waals surface area contributed by atoms with E-state index in [0.717, 1.165) is 6.42 Å². The maximum atomic E-state index is 12.4. The summed E-state index contributed by atoms with van der Waals surface area (Å²) in [6.07, 6.45) is 0.814. The lowest BCUT2D eigenvalue weighted by atomic mass is 10.1. The topological polar surface area (TPSA) is 95.5 Å². The number of carboxylic acids is 1. The molecule has 2 rings (SSSR count). The Kier molecular flexibility index (Phi) is 5.46. The number of hydrogen-bond donors (Lipinski definition) is 3. The molecule has 3 N–H and O–H groups in total. The molecule has 0 fully saturated rings. The van der Waals surface area contributed by atoms with E-state index >= 15 is 0 Å². The lowest BCUT2D eigenvalue weighted by molar-refractivity contribution is 0.0697. The minimum atomic E-state index is -3.86. The first-order chi connectivity index (χ1) is 11.3. The zero-order valence-corrected chi connectivity index (χ0v) is 14.3. The molecule has 0 aromatic heterocycles. The van der Waals surface area contributed by atoms with Crippen LogP contribution in [0.15, 0.2) is 53.4 Å². The second-order valence-corrected chi connectivity index (χ2v) is 7.12. The van der Waals surface area contributed by atoms with Crippen molar-refractivity contribution < 1.29 is 18.3 Å². The summed E-state index contributed by atoms with van der Waals surface area (Å²) in [6.45, 7) is 3.90. The van der Waals surface area contributed by atoms with Gasteiger partial charge in [0, 0.05) is 17.4 Å². The lowest BCUT2D eigenvalue weighted by Gasteiger charge is -2.16. The number of benzene rings is 2. The van der Waals surface area contributed by atoms with Crippen LogP contribution in [0, 0.1) is 0 Å². The van der Waals surface area contributed by atoms with Crippen molar-refractivity contribution in [1.82, 2.24) is 0 Å². The molecule has 24 heavy (non-hydrogen) atoms. The van der Waals surface area contributed by atoms with Gasteiger partial charge in [0.25, 0.3) is 10.0 Å². The molecule has 0 heterocycles. The molecule has 0 spiro atoms. The minimum Gasteiger partial charge on any atom is -0.478 e. The number of nitrogens with one attached hydrogen (secondary N) is 2. The molecule has 0 saturated carbocycles. The summed E-state index contributed by atoms with van der Waals surface area (Å²) in [4.78, 5) is 11.4. The van der Waals surface area contributed by atoms with Gasteiger partial charge in [0.15, 0.2) is 0 Å². The van der Waals surface area contributed by atoms with E-state index in [2.05, 4.69) is 10.0 Å². The third kappa shape index (κ3) is 4.26. The average Bonchev–Trinajstić information content (AvgIpc) is 2.55. The SMILES string of the molecule is CC[C@H](C)Nc1ccc(S(=O)(=O)Nc2ccccc2)cc1C(=O)O. The van der Waals surface area contributed by atoms with Gasteiger partial charge >= 0.3 is 5.97 Å². The third-order valence-electron chi connectivity index (χ3n) is 3.57. The van der Waals surface area contributed by atoms with E-state index < -0.39 is 16.0 Å². The fraction of sp³-hybridized carbons (Fsp3) is 0.235. The van der Waals surface area contributed by atoms with Crippen molar-refractivity contribution in [2.45, 2.75) is 31.2 Å². The van der Waals surface area contributed by atoms with Gasteiger partial charge < -0.3 is 10.4 Å². The van der Waals surface area contributed by atoms with Crippen molar-refractivity contribution in [2.24, 2.45) is 0 Å². The molecular weight excluding hydrogens is 328 g/mol. The Hall–Kier alpha value is -2.54. The molecule has 0 aliphatic carbocycles. The molecule has 2 aromatic carbocycles. The standard InChI is InChI=1S/C17H20N2O4S/c1-3-12(2)18-16-10-9-14(11-15(16)17(20)21)24(22,23)19-13-7-5-4-6-8-13/h4-12,18-19H,3H2,1-2H3,(H,20,21)/t12-/m0/s1. The van der Waals surface area contributed by atoms with Crippen LogP contribution < -0.4 is 10.0 Å².